The van der Waals surface area contributed by atoms with Gasteiger partial charge in [0, 0.05) is 36.3 Å². The fourth-order valence-electron chi connectivity index (χ4n) is 3.29. The number of rotatable bonds is 5. The van der Waals surface area contributed by atoms with Gasteiger partial charge in [0.15, 0.2) is 0 Å². The summed E-state index contributed by atoms with van der Waals surface area (Å²) in [5.74, 6) is 0.966. The van der Waals surface area contributed by atoms with Crippen molar-refractivity contribution >= 4 is 5.91 Å². The Morgan fingerprint density at radius 1 is 1.50 bits per heavy atom. The topological polar surface area (TPSA) is 56.1 Å². The molecule has 24 heavy (non-hydrogen) atoms. The van der Waals surface area contributed by atoms with Crippen LogP contribution in [0.25, 0.3) is 0 Å². The quantitative estimate of drug-likeness (QED) is 0.918. The van der Waals surface area contributed by atoms with E-state index in [1.807, 2.05) is 38.5 Å². The molecule has 2 unspecified atom stereocenters. The van der Waals surface area contributed by atoms with Gasteiger partial charge in [-0.25, -0.2) is 4.98 Å². The third kappa shape index (κ3) is 3.45. The van der Waals surface area contributed by atoms with Crippen LogP contribution in [-0.2, 0) is 17.8 Å². The van der Waals surface area contributed by atoms with Crippen molar-refractivity contribution in [2.45, 2.75) is 46.2 Å². The molecule has 1 aliphatic heterocycles. The molecule has 0 saturated carbocycles. The van der Waals surface area contributed by atoms with Crippen molar-refractivity contribution in [2.75, 3.05) is 6.61 Å². The lowest BCUT2D eigenvalue weighted by Crippen LogP contribution is -2.36. The number of nitrogens with zero attached hydrogens (tertiary/aromatic N) is 2. The lowest BCUT2D eigenvalue weighted by molar-refractivity contribution is -0.126. The van der Waals surface area contributed by atoms with Crippen LogP contribution in [0.4, 0.5) is 0 Å². The first kappa shape index (κ1) is 16.6. The first-order valence-corrected chi connectivity index (χ1v) is 8.61. The fourth-order valence-corrected chi connectivity index (χ4v) is 3.29. The Hall–Kier alpha value is -2.30. The zero-order valence-electron chi connectivity index (χ0n) is 14.6. The van der Waals surface area contributed by atoms with Crippen molar-refractivity contribution in [3.8, 4) is 5.75 Å². The normalized spacial score (nSPS) is 17.9. The summed E-state index contributed by atoms with van der Waals surface area (Å²) < 4.78 is 7.84. The maximum Gasteiger partial charge on any atom is 0.224 e. The van der Waals surface area contributed by atoms with Crippen molar-refractivity contribution in [1.29, 1.82) is 0 Å². The number of ether oxygens (including phenoxy) is 1. The van der Waals surface area contributed by atoms with E-state index in [4.69, 9.17) is 4.74 Å². The summed E-state index contributed by atoms with van der Waals surface area (Å²) in [6, 6.07) is 6.03. The number of amides is 1. The molecule has 0 radical (unpaired) electrons. The number of carbonyl (C=O) groups is 1. The average Bonchev–Trinajstić information content (AvgIpc) is 3.04. The highest BCUT2D eigenvalue weighted by Crippen LogP contribution is 2.27. The summed E-state index contributed by atoms with van der Waals surface area (Å²) in [6.45, 7) is 7.51. The van der Waals surface area contributed by atoms with Gasteiger partial charge in [0.1, 0.15) is 5.75 Å². The number of hydrogen-bond donors (Lipinski definition) is 1. The summed E-state index contributed by atoms with van der Waals surface area (Å²) in [6.07, 6.45) is 5.31. The number of hydrogen-bond acceptors (Lipinski definition) is 3. The minimum Gasteiger partial charge on any atom is -0.494 e. The van der Waals surface area contributed by atoms with Crippen LogP contribution < -0.4 is 10.1 Å². The highest BCUT2D eigenvalue weighted by Gasteiger charge is 2.26. The van der Waals surface area contributed by atoms with Crippen LogP contribution in [0.3, 0.4) is 0 Å². The fraction of sp³-hybridized carbons (Fsp3) is 0.474. The van der Waals surface area contributed by atoms with Gasteiger partial charge in [0.2, 0.25) is 5.91 Å². The second kappa shape index (κ2) is 7.07. The Morgan fingerprint density at radius 3 is 3.12 bits per heavy atom. The van der Waals surface area contributed by atoms with Crippen molar-refractivity contribution in [3.05, 3.63) is 47.5 Å². The van der Waals surface area contributed by atoms with E-state index in [1.165, 1.54) is 0 Å². The average molecular weight is 327 g/mol. The van der Waals surface area contributed by atoms with E-state index in [0.29, 0.717) is 6.61 Å². The van der Waals surface area contributed by atoms with E-state index in [2.05, 4.69) is 27.9 Å². The van der Waals surface area contributed by atoms with Gasteiger partial charge in [-0.15, -0.1) is 0 Å². The zero-order chi connectivity index (χ0) is 17.1. The van der Waals surface area contributed by atoms with Gasteiger partial charge in [-0.2, -0.15) is 0 Å². The van der Waals surface area contributed by atoms with Crippen molar-refractivity contribution in [2.24, 2.45) is 5.92 Å². The van der Waals surface area contributed by atoms with Crippen molar-refractivity contribution in [3.63, 3.8) is 0 Å². The second-order valence-corrected chi connectivity index (χ2v) is 6.47. The van der Waals surface area contributed by atoms with E-state index in [-0.39, 0.29) is 17.9 Å². The second-order valence-electron chi connectivity index (χ2n) is 6.47. The lowest BCUT2D eigenvalue weighted by atomic mass is 9.94. The molecule has 0 fully saturated rings. The van der Waals surface area contributed by atoms with Crippen molar-refractivity contribution < 1.29 is 9.53 Å². The molecule has 5 heteroatoms. The van der Waals surface area contributed by atoms with Gasteiger partial charge < -0.3 is 14.6 Å². The number of benzene rings is 1. The molecule has 0 bridgehead atoms. The highest BCUT2D eigenvalue weighted by molar-refractivity contribution is 5.79. The number of fused-ring (bicyclic) bond motifs is 1. The van der Waals surface area contributed by atoms with Crippen LogP contribution in [0.2, 0.25) is 0 Å². The van der Waals surface area contributed by atoms with Crippen LogP contribution in [0, 0.1) is 12.8 Å². The lowest BCUT2D eigenvalue weighted by Gasteiger charge is -2.25. The molecule has 2 heterocycles. The third-order valence-electron chi connectivity index (χ3n) is 4.63. The molecule has 0 aliphatic carbocycles. The van der Waals surface area contributed by atoms with E-state index in [9.17, 15) is 4.79 Å². The molecule has 128 valence electrons. The predicted molar refractivity (Wildman–Crippen MR) is 92.9 cm³/mol. The first-order valence-electron chi connectivity index (χ1n) is 8.61. The monoisotopic (exact) mass is 327 g/mol. The van der Waals surface area contributed by atoms with Gasteiger partial charge in [-0.05, 0) is 33.3 Å². The molecular weight excluding hydrogens is 302 g/mol. The maximum atomic E-state index is 12.7. The SMILES string of the molecule is CCOc1ccc(C)cc1C(C)NC(=O)C1CCn2cncc2C1. The number of carbonyl (C=O) groups excluding carboxylic acids is 1. The number of nitrogens with one attached hydrogen (secondary N) is 1. The highest BCUT2D eigenvalue weighted by atomic mass is 16.5. The van der Waals surface area contributed by atoms with Crippen LogP contribution >= 0.6 is 0 Å². The molecule has 2 atom stereocenters. The molecule has 0 spiro atoms. The maximum absolute atomic E-state index is 12.7. The largest absolute Gasteiger partial charge is 0.494 e. The summed E-state index contributed by atoms with van der Waals surface area (Å²) in [4.78, 5) is 16.8. The summed E-state index contributed by atoms with van der Waals surface area (Å²) in [5, 5.41) is 3.17. The Balaban J connectivity index is 1.70. The molecular formula is C19H25N3O2. The Labute approximate surface area is 143 Å². The molecule has 1 aromatic carbocycles. The van der Waals surface area contributed by atoms with E-state index >= 15 is 0 Å². The summed E-state index contributed by atoms with van der Waals surface area (Å²) in [7, 11) is 0. The van der Waals surface area contributed by atoms with Crippen molar-refractivity contribution in [1.82, 2.24) is 14.9 Å². The number of aromatic nitrogens is 2. The van der Waals surface area contributed by atoms with Crippen LogP contribution in [0.15, 0.2) is 30.7 Å². The molecule has 1 amide bonds. The van der Waals surface area contributed by atoms with Gasteiger partial charge in [0.05, 0.1) is 19.0 Å². The van der Waals surface area contributed by atoms with E-state index in [1.54, 1.807) is 0 Å². The zero-order valence-corrected chi connectivity index (χ0v) is 14.6. The molecule has 1 aromatic heterocycles. The first-order chi connectivity index (χ1) is 11.6. The van der Waals surface area contributed by atoms with Crippen LogP contribution in [0.1, 0.15) is 43.1 Å². The van der Waals surface area contributed by atoms with E-state index < -0.39 is 0 Å². The van der Waals surface area contributed by atoms with Crippen LogP contribution in [-0.4, -0.2) is 22.1 Å². The standard InChI is InChI=1S/C19H25N3O2/c1-4-24-18-6-5-13(2)9-17(18)14(3)21-19(23)15-7-8-22-12-20-11-16(22)10-15/h5-6,9,11-12,14-15H,4,7-8,10H2,1-3H3,(H,21,23). The van der Waals surface area contributed by atoms with Gasteiger partial charge in [0.25, 0.3) is 0 Å². The molecule has 1 N–H and O–H groups in total. The van der Waals surface area contributed by atoms with Gasteiger partial charge in [-0.1, -0.05) is 17.7 Å². The Morgan fingerprint density at radius 2 is 2.33 bits per heavy atom. The van der Waals surface area contributed by atoms with E-state index in [0.717, 1.165) is 42.0 Å². The Kier molecular flexibility index (Phi) is 4.88. The predicted octanol–water partition coefficient (Wildman–Crippen LogP) is 3.03. The minimum atomic E-state index is -0.0780. The number of imidazole rings is 1. The Bertz CT molecular complexity index is 723. The van der Waals surface area contributed by atoms with Gasteiger partial charge >= 0.3 is 0 Å². The molecule has 0 saturated heterocycles. The number of aryl methyl sites for hydroxylation is 2. The van der Waals surface area contributed by atoms with Gasteiger partial charge in [-0.3, -0.25) is 4.79 Å². The molecule has 1 aliphatic rings. The van der Waals surface area contributed by atoms with Crippen LogP contribution in [0.5, 0.6) is 5.75 Å². The minimum absolute atomic E-state index is 0.0111. The smallest absolute Gasteiger partial charge is 0.224 e. The summed E-state index contributed by atoms with van der Waals surface area (Å²) in [5.41, 5.74) is 3.33. The summed E-state index contributed by atoms with van der Waals surface area (Å²) >= 11 is 0. The molecule has 3 rings (SSSR count). The molecule has 5 nitrogen and oxygen atoms in total. The third-order valence-corrected chi connectivity index (χ3v) is 4.63. The molecule has 2 aromatic rings.